The van der Waals surface area contributed by atoms with Crippen LogP contribution in [0.25, 0.3) is 15.3 Å². The van der Waals surface area contributed by atoms with Crippen molar-refractivity contribution in [3.8, 4) is 5.13 Å². The zero-order chi connectivity index (χ0) is 15.3. The van der Waals surface area contributed by atoms with Gasteiger partial charge in [-0.2, -0.15) is 5.10 Å². The van der Waals surface area contributed by atoms with Gasteiger partial charge in [0.1, 0.15) is 5.52 Å². The van der Waals surface area contributed by atoms with Crippen LogP contribution in [0.3, 0.4) is 0 Å². The Labute approximate surface area is 139 Å². The number of nitrogens with zero attached hydrogens (tertiary/aromatic N) is 3. The molecule has 4 nitrogen and oxygen atoms in total. The molecule has 0 atom stereocenters. The van der Waals surface area contributed by atoms with Gasteiger partial charge in [-0.1, -0.05) is 34.5 Å². The van der Waals surface area contributed by atoms with E-state index in [2.05, 4.69) is 10.1 Å². The number of aryl methyl sites for hydroxylation is 1. The predicted octanol–water partition coefficient (Wildman–Crippen LogP) is 4.78. The largest absolute Gasteiger partial charge is 0.275 e. The molecule has 1 aromatic carbocycles. The van der Waals surface area contributed by atoms with Crippen LogP contribution >= 0.6 is 46.1 Å². The van der Waals surface area contributed by atoms with Crippen molar-refractivity contribution in [3.63, 3.8) is 0 Å². The van der Waals surface area contributed by atoms with Gasteiger partial charge in [0.2, 0.25) is 5.13 Å². The lowest BCUT2D eigenvalue weighted by Gasteiger charge is -1.98. The normalized spacial score (nSPS) is 11.3. The molecule has 0 radical (unpaired) electrons. The molecule has 0 aliphatic heterocycles. The van der Waals surface area contributed by atoms with Crippen molar-refractivity contribution in [2.75, 3.05) is 0 Å². The second-order valence-corrected chi connectivity index (χ2v) is 6.57. The van der Waals surface area contributed by atoms with Crippen molar-refractivity contribution >= 4 is 61.6 Å². The summed E-state index contributed by atoms with van der Waals surface area (Å²) >= 11 is 19.2. The number of aromatic nitrogens is 3. The number of carbonyl (C=O) groups excluding carboxylic acids is 1. The van der Waals surface area contributed by atoms with Gasteiger partial charge in [0.25, 0.3) is 5.24 Å². The molecule has 0 unspecified atom stereocenters. The molecule has 0 bridgehead atoms. The average Bonchev–Trinajstić information content (AvgIpc) is 2.95. The average molecular weight is 361 g/mol. The van der Waals surface area contributed by atoms with Crippen LogP contribution in [0.1, 0.15) is 21.7 Å². The Morgan fingerprint density at radius 3 is 2.62 bits per heavy atom. The third-order valence-corrected chi connectivity index (χ3v) is 5.09. The Bertz CT molecular complexity index is 885. The molecule has 0 amide bonds. The van der Waals surface area contributed by atoms with Gasteiger partial charge in [-0.05, 0) is 37.6 Å². The quantitative estimate of drug-likeness (QED) is 0.618. The first kappa shape index (κ1) is 14.8. The molecule has 0 aliphatic rings. The summed E-state index contributed by atoms with van der Waals surface area (Å²) in [6.07, 6.45) is 0. The molecule has 0 saturated carbocycles. The Hall–Kier alpha value is -1.14. The first-order valence-electron chi connectivity index (χ1n) is 5.91. The number of thiazole rings is 1. The predicted molar refractivity (Wildman–Crippen MR) is 86.4 cm³/mol. The van der Waals surface area contributed by atoms with Crippen molar-refractivity contribution in [1.29, 1.82) is 0 Å². The molecule has 3 aromatic rings. The number of fused-ring (bicyclic) bond motifs is 1. The fourth-order valence-corrected chi connectivity index (χ4v) is 3.80. The number of hydrogen-bond donors (Lipinski definition) is 0. The van der Waals surface area contributed by atoms with Crippen LogP contribution in [0.2, 0.25) is 10.0 Å². The smallest absolute Gasteiger partial charge is 0.256 e. The van der Waals surface area contributed by atoms with Gasteiger partial charge in [-0.3, -0.25) is 4.79 Å². The van der Waals surface area contributed by atoms with Crippen LogP contribution in [-0.4, -0.2) is 20.0 Å². The van der Waals surface area contributed by atoms with E-state index in [1.54, 1.807) is 24.6 Å². The minimum Gasteiger partial charge on any atom is -0.275 e. The molecule has 2 heterocycles. The Morgan fingerprint density at radius 2 is 2.00 bits per heavy atom. The summed E-state index contributed by atoms with van der Waals surface area (Å²) in [4.78, 5) is 15.9. The first-order valence-corrected chi connectivity index (χ1v) is 7.86. The van der Waals surface area contributed by atoms with Gasteiger partial charge in [0.05, 0.1) is 31.7 Å². The maximum Gasteiger partial charge on any atom is 0.256 e. The molecule has 8 heteroatoms. The molecular formula is C13H8Cl3N3OS. The monoisotopic (exact) mass is 359 g/mol. The van der Waals surface area contributed by atoms with E-state index in [-0.39, 0.29) is 0 Å². The van der Waals surface area contributed by atoms with Crippen LogP contribution in [0.5, 0.6) is 0 Å². The highest BCUT2D eigenvalue weighted by molar-refractivity contribution is 7.20. The van der Waals surface area contributed by atoms with E-state index in [1.807, 2.05) is 6.07 Å². The molecule has 0 N–H and O–H groups in total. The SMILES string of the molecule is Cc1nn(-c2nc3c(Cl)c(Cl)ccc3s2)c(C)c1C(=O)Cl. The van der Waals surface area contributed by atoms with E-state index in [1.165, 1.54) is 11.3 Å². The summed E-state index contributed by atoms with van der Waals surface area (Å²) in [6, 6.07) is 3.58. The van der Waals surface area contributed by atoms with Crippen LogP contribution in [0.4, 0.5) is 0 Å². The number of benzene rings is 1. The third-order valence-electron chi connectivity index (χ3n) is 3.11. The Morgan fingerprint density at radius 1 is 1.29 bits per heavy atom. The Balaban J connectivity index is 2.24. The second-order valence-electron chi connectivity index (χ2n) is 4.44. The minimum atomic E-state index is -0.529. The van der Waals surface area contributed by atoms with Gasteiger partial charge in [-0.15, -0.1) is 0 Å². The van der Waals surface area contributed by atoms with E-state index < -0.39 is 5.24 Å². The van der Waals surface area contributed by atoms with Crippen molar-refractivity contribution in [2.45, 2.75) is 13.8 Å². The highest BCUT2D eigenvalue weighted by Crippen LogP contribution is 2.35. The topological polar surface area (TPSA) is 47.8 Å². The van der Waals surface area contributed by atoms with Gasteiger partial charge in [0.15, 0.2) is 0 Å². The minimum absolute atomic E-state index is 0.403. The fraction of sp³-hybridized carbons (Fsp3) is 0.154. The van der Waals surface area contributed by atoms with E-state index >= 15 is 0 Å². The molecule has 3 rings (SSSR count). The molecule has 0 fully saturated rings. The van der Waals surface area contributed by atoms with Crippen LogP contribution < -0.4 is 0 Å². The Kier molecular flexibility index (Phi) is 3.69. The van der Waals surface area contributed by atoms with Gasteiger partial charge in [0, 0.05) is 0 Å². The lowest BCUT2D eigenvalue weighted by Crippen LogP contribution is -1.99. The van der Waals surface area contributed by atoms with Crippen LogP contribution in [0, 0.1) is 13.8 Å². The second kappa shape index (κ2) is 5.25. The zero-order valence-corrected chi connectivity index (χ0v) is 14.0. The van der Waals surface area contributed by atoms with Crippen LogP contribution in [-0.2, 0) is 0 Å². The molecule has 0 saturated heterocycles. The molecule has 0 spiro atoms. The summed E-state index contributed by atoms with van der Waals surface area (Å²) in [5, 5.41) is 5.27. The van der Waals surface area contributed by atoms with Gasteiger partial charge < -0.3 is 0 Å². The van der Waals surface area contributed by atoms with E-state index in [0.29, 0.717) is 37.6 Å². The molecular weight excluding hydrogens is 353 g/mol. The number of carbonyl (C=O) groups is 1. The van der Waals surface area contributed by atoms with E-state index in [0.717, 1.165) is 4.70 Å². The van der Waals surface area contributed by atoms with Gasteiger partial charge in [-0.25, -0.2) is 9.67 Å². The van der Waals surface area contributed by atoms with Crippen molar-refractivity contribution in [1.82, 2.24) is 14.8 Å². The molecule has 0 aliphatic carbocycles. The number of halogens is 3. The maximum absolute atomic E-state index is 11.5. The molecule has 108 valence electrons. The summed E-state index contributed by atoms with van der Waals surface area (Å²) in [6.45, 7) is 3.51. The van der Waals surface area contributed by atoms with Gasteiger partial charge >= 0.3 is 0 Å². The standard InChI is InChI=1S/C13H8Cl3N3OS/c1-5-9(12(16)20)6(2)19(18-5)13-17-11-8(21-13)4-3-7(14)10(11)15/h3-4H,1-2H3. The number of hydrogen-bond acceptors (Lipinski definition) is 4. The maximum atomic E-state index is 11.5. The lowest BCUT2D eigenvalue weighted by atomic mass is 10.2. The summed E-state index contributed by atoms with van der Waals surface area (Å²) in [5.74, 6) is 0. The summed E-state index contributed by atoms with van der Waals surface area (Å²) < 4.78 is 2.49. The summed E-state index contributed by atoms with van der Waals surface area (Å²) in [5.41, 5.74) is 2.24. The van der Waals surface area contributed by atoms with Crippen LogP contribution in [0.15, 0.2) is 12.1 Å². The highest BCUT2D eigenvalue weighted by Gasteiger charge is 2.20. The van der Waals surface area contributed by atoms with Crippen molar-refractivity contribution in [3.05, 3.63) is 39.1 Å². The fourth-order valence-electron chi connectivity index (χ4n) is 2.13. The van der Waals surface area contributed by atoms with E-state index in [4.69, 9.17) is 34.8 Å². The number of rotatable bonds is 2. The zero-order valence-electron chi connectivity index (χ0n) is 10.9. The van der Waals surface area contributed by atoms with E-state index in [9.17, 15) is 4.79 Å². The lowest BCUT2D eigenvalue weighted by molar-refractivity contribution is 0.108. The first-order chi connectivity index (χ1) is 9.90. The van der Waals surface area contributed by atoms with Crippen molar-refractivity contribution in [2.24, 2.45) is 0 Å². The molecule has 2 aromatic heterocycles. The molecule has 21 heavy (non-hydrogen) atoms. The highest BCUT2D eigenvalue weighted by atomic mass is 35.5. The summed E-state index contributed by atoms with van der Waals surface area (Å²) in [7, 11) is 0. The van der Waals surface area contributed by atoms with Crippen molar-refractivity contribution < 1.29 is 4.79 Å². The third kappa shape index (κ3) is 2.34.